The number of allylic oxidation sites excluding steroid dienone is 4. The van der Waals surface area contributed by atoms with Crippen molar-refractivity contribution in [1.29, 1.82) is 0 Å². The minimum Gasteiger partial charge on any atom is -0.481 e. The minimum atomic E-state index is -1.11. The number of aliphatic carboxylic acids is 2. The quantitative estimate of drug-likeness (QED) is 0.608. The zero-order valence-electron chi connectivity index (χ0n) is 11.8. The number of carboxylic acids is 2. The van der Waals surface area contributed by atoms with Crippen molar-refractivity contribution in [3.63, 3.8) is 0 Å². The summed E-state index contributed by atoms with van der Waals surface area (Å²) in [5, 5.41) is 18.0. The highest BCUT2D eigenvalue weighted by Gasteiger charge is 2.41. The van der Waals surface area contributed by atoms with E-state index in [1.807, 2.05) is 0 Å². The third-order valence-corrected chi connectivity index (χ3v) is 3.60. The van der Waals surface area contributed by atoms with Crippen LogP contribution in [-0.2, 0) is 14.4 Å². The molecule has 0 saturated heterocycles. The maximum atomic E-state index is 11.7. The molecule has 0 aliphatic heterocycles. The lowest BCUT2D eigenvalue weighted by Crippen LogP contribution is -2.34. The van der Waals surface area contributed by atoms with E-state index in [0.717, 1.165) is 6.08 Å². The van der Waals surface area contributed by atoms with Crippen molar-refractivity contribution in [3.05, 3.63) is 34.9 Å². The number of rotatable bonds is 4. The lowest BCUT2D eigenvalue weighted by Gasteiger charge is -2.31. The Balaban J connectivity index is 3.24. The Kier molecular flexibility index (Phi) is 4.65. The number of hydrogen-bond acceptors (Lipinski definition) is 3. The Morgan fingerprint density at radius 2 is 1.90 bits per heavy atom. The second-order valence-electron chi connectivity index (χ2n) is 5.16. The van der Waals surface area contributed by atoms with Gasteiger partial charge in [-0.3, -0.25) is 9.59 Å². The lowest BCUT2D eigenvalue weighted by molar-refractivity contribution is -0.146. The van der Waals surface area contributed by atoms with Crippen molar-refractivity contribution >= 4 is 17.7 Å². The summed E-state index contributed by atoms with van der Waals surface area (Å²) in [6, 6.07) is 0. The van der Waals surface area contributed by atoms with Crippen molar-refractivity contribution in [1.82, 2.24) is 0 Å². The number of carboxylic acid groups (broad SMARTS) is 2. The number of carbonyl (C=O) groups is 3. The molecule has 0 saturated carbocycles. The number of hydrogen-bond donors (Lipinski definition) is 2. The zero-order chi connectivity index (χ0) is 15.5. The Hall–Kier alpha value is -2.17. The predicted octanol–water partition coefficient (Wildman–Crippen LogP) is 2.34. The SMILES string of the molecule is CC1=C(/C=C/C(C)=C/C(=O)O)C(C)(C(=O)O)CCC1=O. The van der Waals surface area contributed by atoms with E-state index in [1.54, 1.807) is 20.8 Å². The molecule has 0 bridgehead atoms. The smallest absolute Gasteiger partial charge is 0.328 e. The average molecular weight is 278 g/mol. The molecule has 0 fully saturated rings. The van der Waals surface area contributed by atoms with E-state index >= 15 is 0 Å². The van der Waals surface area contributed by atoms with Crippen LogP contribution in [0.3, 0.4) is 0 Å². The van der Waals surface area contributed by atoms with Crippen LogP contribution in [0.15, 0.2) is 34.9 Å². The molecule has 5 heteroatoms. The van der Waals surface area contributed by atoms with Crippen LogP contribution in [0, 0.1) is 5.41 Å². The summed E-state index contributed by atoms with van der Waals surface area (Å²) >= 11 is 0. The molecule has 1 rings (SSSR count). The van der Waals surface area contributed by atoms with Crippen LogP contribution in [0.25, 0.3) is 0 Å². The van der Waals surface area contributed by atoms with Gasteiger partial charge in [-0.15, -0.1) is 0 Å². The molecule has 2 N–H and O–H groups in total. The second-order valence-corrected chi connectivity index (χ2v) is 5.16. The molecule has 0 aromatic heterocycles. The number of Topliss-reactive ketones (excluding diaryl/α,β-unsaturated/α-hetero) is 1. The van der Waals surface area contributed by atoms with Gasteiger partial charge in [0.1, 0.15) is 0 Å². The third kappa shape index (κ3) is 3.23. The molecule has 0 aromatic rings. The second kappa shape index (κ2) is 5.86. The average Bonchev–Trinajstić information content (AvgIpc) is 2.33. The minimum absolute atomic E-state index is 0.0664. The highest BCUT2D eigenvalue weighted by atomic mass is 16.4. The van der Waals surface area contributed by atoms with Crippen molar-refractivity contribution < 1.29 is 24.6 Å². The van der Waals surface area contributed by atoms with Crippen LogP contribution in [0.5, 0.6) is 0 Å². The van der Waals surface area contributed by atoms with E-state index in [2.05, 4.69) is 0 Å². The lowest BCUT2D eigenvalue weighted by atomic mass is 9.70. The van der Waals surface area contributed by atoms with Crippen LogP contribution in [-0.4, -0.2) is 27.9 Å². The van der Waals surface area contributed by atoms with Gasteiger partial charge >= 0.3 is 11.9 Å². The van der Waals surface area contributed by atoms with E-state index in [4.69, 9.17) is 5.11 Å². The van der Waals surface area contributed by atoms with Gasteiger partial charge in [0.25, 0.3) is 0 Å². The molecular formula is C15H18O5. The highest BCUT2D eigenvalue weighted by molar-refractivity contribution is 6.00. The van der Waals surface area contributed by atoms with E-state index < -0.39 is 17.4 Å². The Morgan fingerprint density at radius 3 is 2.40 bits per heavy atom. The molecule has 0 aromatic carbocycles. The van der Waals surface area contributed by atoms with Gasteiger partial charge in [0.05, 0.1) is 5.41 Å². The van der Waals surface area contributed by atoms with Crippen LogP contribution in [0.2, 0.25) is 0 Å². The largest absolute Gasteiger partial charge is 0.481 e. The van der Waals surface area contributed by atoms with E-state index in [9.17, 15) is 19.5 Å². The molecule has 0 radical (unpaired) electrons. The first kappa shape index (κ1) is 15.9. The number of ketones is 1. The predicted molar refractivity (Wildman–Crippen MR) is 73.2 cm³/mol. The molecule has 108 valence electrons. The molecule has 0 spiro atoms. The fourth-order valence-electron chi connectivity index (χ4n) is 2.24. The van der Waals surface area contributed by atoms with Gasteiger partial charge in [-0.25, -0.2) is 4.79 Å². The summed E-state index contributed by atoms with van der Waals surface area (Å²) in [4.78, 5) is 33.8. The monoisotopic (exact) mass is 278 g/mol. The molecule has 1 aliphatic rings. The molecule has 0 heterocycles. The maximum Gasteiger partial charge on any atom is 0.328 e. The van der Waals surface area contributed by atoms with Gasteiger partial charge in [0.15, 0.2) is 5.78 Å². The normalized spacial score (nSPS) is 24.4. The van der Waals surface area contributed by atoms with Crippen LogP contribution < -0.4 is 0 Å². The maximum absolute atomic E-state index is 11.7. The molecule has 1 unspecified atom stereocenters. The van der Waals surface area contributed by atoms with E-state index in [1.165, 1.54) is 12.2 Å². The highest BCUT2D eigenvalue weighted by Crippen LogP contribution is 2.40. The van der Waals surface area contributed by atoms with E-state index in [0.29, 0.717) is 16.7 Å². The summed E-state index contributed by atoms with van der Waals surface area (Å²) < 4.78 is 0. The van der Waals surface area contributed by atoms with Crippen molar-refractivity contribution in [3.8, 4) is 0 Å². The van der Waals surface area contributed by atoms with Gasteiger partial charge in [0.2, 0.25) is 0 Å². The van der Waals surface area contributed by atoms with Crippen LogP contribution >= 0.6 is 0 Å². The first-order chi connectivity index (χ1) is 9.18. The van der Waals surface area contributed by atoms with Gasteiger partial charge < -0.3 is 10.2 Å². The van der Waals surface area contributed by atoms with Crippen LogP contribution in [0.1, 0.15) is 33.6 Å². The summed E-state index contributed by atoms with van der Waals surface area (Å²) in [5.74, 6) is -2.12. The molecule has 0 amide bonds. The van der Waals surface area contributed by atoms with Crippen molar-refractivity contribution in [2.24, 2.45) is 5.41 Å². The molecule has 1 aliphatic carbocycles. The fourth-order valence-corrected chi connectivity index (χ4v) is 2.24. The standard InChI is InChI=1S/C15H18O5/c1-9(8-13(17)18)4-5-11-10(2)12(16)6-7-15(11,3)14(19)20/h4-5,8H,6-7H2,1-3H3,(H,17,18)(H,19,20)/b5-4+,9-8+. The van der Waals surface area contributed by atoms with E-state index in [-0.39, 0.29) is 18.6 Å². The Morgan fingerprint density at radius 1 is 1.30 bits per heavy atom. The summed E-state index contributed by atoms with van der Waals surface area (Å²) in [5.41, 5.74) is 0.237. The molecule has 5 nitrogen and oxygen atoms in total. The van der Waals surface area contributed by atoms with Gasteiger partial charge in [0, 0.05) is 12.5 Å². The van der Waals surface area contributed by atoms with Crippen LogP contribution in [0.4, 0.5) is 0 Å². The fraction of sp³-hybridized carbons (Fsp3) is 0.400. The molecular weight excluding hydrogens is 260 g/mol. The van der Waals surface area contributed by atoms with Gasteiger partial charge in [-0.05, 0) is 43.9 Å². The first-order valence-corrected chi connectivity index (χ1v) is 6.25. The molecule has 1 atom stereocenters. The molecule has 20 heavy (non-hydrogen) atoms. The third-order valence-electron chi connectivity index (χ3n) is 3.60. The van der Waals surface area contributed by atoms with Crippen molar-refractivity contribution in [2.45, 2.75) is 33.6 Å². The van der Waals surface area contributed by atoms with Gasteiger partial charge in [-0.2, -0.15) is 0 Å². The Bertz CT molecular complexity index is 551. The summed E-state index contributed by atoms with van der Waals surface area (Å²) in [6.45, 7) is 4.79. The van der Waals surface area contributed by atoms with Gasteiger partial charge in [-0.1, -0.05) is 12.2 Å². The first-order valence-electron chi connectivity index (χ1n) is 6.25. The summed E-state index contributed by atoms with van der Waals surface area (Å²) in [7, 11) is 0. The summed E-state index contributed by atoms with van der Waals surface area (Å²) in [6.07, 6.45) is 4.55. The number of carbonyl (C=O) groups excluding carboxylic acids is 1. The Labute approximate surface area is 117 Å². The topological polar surface area (TPSA) is 91.7 Å². The van der Waals surface area contributed by atoms with Crippen molar-refractivity contribution in [2.75, 3.05) is 0 Å². The zero-order valence-corrected chi connectivity index (χ0v) is 11.8.